The van der Waals surface area contributed by atoms with E-state index in [9.17, 15) is 9.59 Å². The quantitative estimate of drug-likeness (QED) is 0.779. The van der Waals surface area contributed by atoms with Crippen molar-refractivity contribution < 1.29 is 14.3 Å². The molecule has 5 nitrogen and oxygen atoms in total. The number of ether oxygens (including phenoxy) is 1. The Morgan fingerprint density at radius 3 is 2.60 bits per heavy atom. The van der Waals surface area contributed by atoms with Crippen molar-refractivity contribution in [3.05, 3.63) is 54.2 Å². The molecule has 0 radical (unpaired) electrons. The summed E-state index contributed by atoms with van der Waals surface area (Å²) in [6.07, 6.45) is 2.38. The van der Waals surface area contributed by atoms with Crippen LogP contribution in [0.15, 0.2) is 48.7 Å². The lowest BCUT2D eigenvalue weighted by Crippen LogP contribution is -2.31. The largest absolute Gasteiger partial charge is 0.484 e. The Morgan fingerprint density at radius 2 is 2.00 bits per heavy atom. The molecule has 1 aromatic heterocycles. The molecule has 1 amide bonds. The Kier molecular flexibility index (Phi) is 4.44. The normalized spacial score (nSPS) is 9.85. The van der Waals surface area contributed by atoms with Gasteiger partial charge in [0.25, 0.3) is 5.91 Å². The van der Waals surface area contributed by atoms with Gasteiger partial charge >= 0.3 is 0 Å². The minimum atomic E-state index is -0.205. The number of benzene rings is 1. The molecule has 1 aromatic carbocycles. The Balaban J connectivity index is 1.93. The second-order valence-electron chi connectivity index (χ2n) is 4.12. The van der Waals surface area contributed by atoms with E-state index in [2.05, 4.69) is 4.98 Å². The maximum atomic E-state index is 11.9. The summed E-state index contributed by atoms with van der Waals surface area (Å²) in [4.78, 5) is 28.0. The van der Waals surface area contributed by atoms with E-state index in [0.717, 1.165) is 6.29 Å². The maximum absolute atomic E-state index is 11.9. The van der Waals surface area contributed by atoms with Crippen LogP contribution in [-0.4, -0.2) is 30.8 Å². The fraction of sp³-hybridized carbons (Fsp3) is 0.133. The SMILES string of the molecule is CN(C(=O)COc1ccc(C=O)cc1)c1ccccn1. The van der Waals surface area contributed by atoms with Crippen molar-refractivity contribution in [2.75, 3.05) is 18.6 Å². The molecule has 102 valence electrons. The zero-order valence-electron chi connectivity index (χ0n) is 11.0. The Hall–Kier alpha value is -2.69. The Labute approximate surface area is 116 Å². The topological polar surface area (TPSA) is 59.5 Å². The molecule has 0 aliphatic carbocycles. The van der Waals surface area contributed by atoms with Gasteiger partial charge in [-0.15, -0.1) is 0 Å². The van der Waals surface area contributed by atoms with Gasteiger partial charge in [0.05, 0.1) is 0 Å². The van der Waals surface area contributed by atoms with Crippen LogP contribution in [0.1, 0.15) is 10.4 Å². The standard InChI is InChI=1S/C15H14N2O3/c1-17(14-4-2-3-9-16-14)15(19)11-20-13-7-5-12(10-18)6-8-13/h2-10H,11H2,1H3. The van der Waals surface area contributed by atoms with Crippen LogP contribution >= 0.6 is 0 Å². The summed E-state index contributed by atoms with van der Waals surface area (Å²) in [5, 5.41) is 0. The predicted octanol–water partition coefficient (Wildman–Crippen LogP) is 1.94. The van der Waals surface area contributed by atoms with Crippen molar-refractivity contribution in [2.45, 2.75) is 0 Å². The zero-order valence-corrected chi connectivity index (χ0v) is 11.0. The molecular weight excluding hydrogens is 256 g/mol. The van der Waals surface area contributed by atoms with E-state index in [1.807, 2.05) is 6.07 Å². The number of pyridine rings is 1. The lowest BCUT2D eigenvalue weighted by Gasteiger charge is -2.16. The van der Waals surface area contributed by atoms with Crippen molar-refractivity contribution in [2.24, 2.45) is 0 Å². The van der Waals surface area contributed by atoms with Gasteiger partial charge in [-0.05, 0) is 36.4 Å². The maximum Gasteiger partial charge on any atom is 0.265 e. The van der Waals surface area contributed by atoms with Gasteiger partial charge in [-0.3, -0.25) is 14.5 Å². The highest BCUT2D eigenvalue weighted by atomic mass is 16.5. The molecule has 0 fully saturated rings. The number of carbonyl (C=O) groups is 2. The van der Waals surface area contributed by atoms with Gasteiger partial charge in [0.1, 0.15) is 17.9 Å². The number of hydrogen-bond acceptors (Lipinski definition) is 4. The number of rotatable bonds is 5. The highest BCUT2D eigenvalue weighted by Crippen LogP contribution is 2.12. The van der Waals surface area contributed by atoms with Crippen molar-refractivity contribution in [1.29, 1.82) is 0 Å². The fourth-order valence-electron chi connectivity index (χ4n) is 1.56. The number of carbonyl (C=O) groups excluding carboxylic acids is 2. The van der Waals surface area contributed by atoms with Crippen molar-refractivity contribution in [3.63, 3.8) is 0 Å². The lowest BCUT2D eigenvalue weighted by atomic mass is 10.2. The molecule has 1 heterocycles. The van der Waals surface area contributed by atoms with E-state index in [-0.39, 0.29) is 12.5 Å². The molecule has 0 saturated carbocycles. The first-order chi connectivity index (χ1) is 9.70. The third kappa shape index (κ3) is 3.41. The molecule has 0 saturated heterocycles. The first-order valence-electron chi connectivity index (χ1n) is 6.06. The van der Waals surface area contributed by atoms with E-state index in [4.69, 9.17) is 4.74 Å². The number of anilines is 1. The molecule has 0 atom stereocenters. The number of hydrogen-bond donors (Lipinski definition) is 0. The van der Waals surface area contributed by atoms with E-state index >= 15 is 0 Å². The molecule has 0 aliphatic rings. The summed E-state index contributed by atoms with van der Waals surface area (Å²) in [7, 11) is 1.64. The van der Waals surface area contributed by atoms with Crippen LogP contribution in [0, 0.1) is 0 Å². The van der Waals surface area contributed by atoms with Crippen LogP contribution < -0.4 is 9.64 Å². The number of aldehydes is 1. The van der Waals surface area contributed by atoms with Crippen molar-refractivity contribution in [3.8, 4) is 5.75 Å². The molecule has 0 bridgehead atoms. The molecule has 0 unspecified atom stereocenters. The first kappa shape index (κ1) is 13.7. The highest BCUT2D eigenvalue weighted by Gasteiger charge is 2.12. The molecule has 0 N–H and O–H groups in total. The van der Waals surface area contributed by atoms with Gasteiger partial charge in [0.2, 0.25) is 0 Å². The summed E-state index contributed by atoms with van der Waals surface area (Å²) < 4.78 is 5.37. The monoisotopic (exact) mass is 270 g/mol. The summed E-state index contributed by atoms with van der Waals surface area (Å²) >= 11 is 0. The van der Waals surface area contributed by atoms with Gasteiger partial charge in [0, 0.05) is 18.8 Å². The third-order valence-corrected chi connectivity index (χ3v) is 2.75. The Bertz CT molecular complexity index is 582. The predicted molar refractivity (Wildman–Crippen MR) is 75.0 cm³/mol. The zero-order chi connectivity index (χ0) is 14.4. The third-order valence-electron chi connectivity index (χ3n) is 2.75. The van der Waals surface area contributed by atoms with Crippen LogP contribution in [0.25, 0.3) is 0 Å². The molecular formula is C15H14N2O3. The van der Waals surface area contributed by atoms with Crippen LogP contribution in [0.3, 0.4) is 0 Å². The minimum absolute atomic E-state index is 0.0898. The van der Waals surface area contributed by atoms with Crippen LogP contribution in [-0.2, 0) is 4.79 Å². The van der Waals surface area contributed by atoms with E-state index in [0.29, 0.717) is 17.1 Å². The van der Waals surface area contributed by atoms with Crippen molar-refractivity contribution >= 4 is 18.0 Å². The van der Waals surface area contributed by atoms with Crippen molar-refractivity contribution in [1.82, 2.24) is 4.98 Å². The second-order valence-corrected chi connectivity index (χ2v) is 4.12. The molecule has 0 aliphatic heterocycles. The van der Waals surface area contributed by atoms with E-state index < -0.39 is 0 Å². The average molecular weight is 270 g/mol. The number of aromatic nitrogens is 1. The summed E-state index contributed by atoms with van der Waals surface area (Å²) in [6, 6.07) is 11.9. The number of likely N-dealkylation sites (N-methyl/N-ethyl adjacent to an activating group) is 1. The smallest absolute Gasteiger partial charge is 0.265 e. The summed E-state index contributed by atoms with van der Waals surface area (Å²) in [5.41, 5.74) is 0.564. The van der Waals surface area contributed by atoms with Crippen LogP contribution in [0.2, 0.25) is 0 Å². The second kappa shape index (κ2) is 6.47. The first-order valence-corrected chi connectivity index (χ1v) is 6.06. The summed E-state index contributed by atoms with van der Waals surface area (Å²) in [5.74, 6) is 0.902. The van der Waals surface area contributed by atoms with E-state index in [1.54, 1.807) is 49.6 Å². The highest BCUT2D eigenvalue weighted by molar-refractivity contribution is 5.92. The van der Waals surface area contributed by atoms with Gasteiger partial charge in [0.15, 0.2) is 6.61 Å². The number of amides is 1. The molecule has 0 spiro atoms. The molecule has 2 rings (SSSR count). The minimum Gasteiger partial charge on any atom is -0.484 e. The van der Waals surface area contributed by atoms with Crippen LogP contribution in [0.4, 0.5) is 5.82 Å². The fourth-order valence-corrected chi connectivity index (χ4v) is 1.56. The molecule has 2 aromatic rings. The van der Waals surface area contributed by atoms with Gasteiger partial charge in [-0.2, -0.15) is 0 Å². The molecule has 5 heteroatoms. The van der Waals surface area contributed by atoms with Gasteiger partial charge in [-0.25, -0.2) is 4.98 Å². The molecule has 20 heavy (non-hydrogen) atoms. The van der Waals surface area contributed by atoms with E-state index in [1.165, 1.54) is 4.90 Å². The van der Waals surface area contributed by atoms with Crippen LogP contribution in [0.5, 0.6) is 5.75 Å². The van der Waals surface area contributed by atoms with Gasteiger partial charge < -0.3 is 4.74 Å². The average Bonchev–Trinajstić information content (AvgIpc) is 2.53. The summed E-state index contributed by atoms with van der Waals surface area (Å²) in [6.45, 7) is -0.0898. The number of nitrogens with zero attached hydrogens (tertiary/aromatic N) is 2. The Morgan fingerprint density at radius 1 is 1.25 bits per heavy atom. The van der Waals surface area contributed by atoms with Gasteiger partial charge in [-0.1, -0.05) is 6.07 Å². The lowest BCUT2D eigenvalue weighted by molar-refractivity contribution is -0.120.